The summed E-state index contributed by atoms with van der Waals surface area (Å²) in [7, 11) is -2.60. The molecule has 0 aliphatic heterocycles. The molecule has 0 radical (unpaired) electrons. The molecule has 1 aromatic rings. The molecule has 90 valence electrons. The van der Waals surface area contributed by atoms with Crippen LogP contribution in [-0.4, -0.2) is 12.8 Å². The maximum atomic E-state index is 12.7. The highest BCUT2D eigenvalue weighted by atomic mass is 31.2. The number of benzene rings is 1. The first kappa shape index (κ1) is 13.5. The maximum Gasteiger partial charge on any atom is 0.232 e. The lowest BCUT2D eigenvalue weighted by Gasteiger charge is -2.18. The Morgan fingerprint density at radius 1 is 1.12 bits per heavy atom. The lowest BCUT2D eigenvalue weighted by Crippen LogP contribution is -2.10. The summed E-state index contributed by atoms with van der Waals surface area (Å²) >= 11 is 0. The SMILES string of the molecule is CCCCOP(=O)(CCC)c1ccccc1. The van der Waals surface area contributed by atoms with E-state index in [1.165, 1.54) is 0 Å². The molecular formula is C13H21O2P. The van der Waals surface area contributed by atoms with Gasteiger partial charge in [0.05, 0.1) is 6.61 Å². The Morgan fingerprint density at radius 2 is 1.81 bits per heavy atom. The van der Waals surface area contributed by atoms with Gasteiger partial charge in [-0.3, -0.25) is 4.57 Å². The molecule has 2 nitrogen and oxygen atoms in total. The molecule has 1 aromatic carbocycles. The first-order valence-electron chi connectivity index (χ1n) is 6.02. The number of hydrogen-bond donors (Lipinski definition) is 0. The van der Waals surface area contributed by atoms with Gasteiger partial charge in [0.25, 0.3) is 0 Å². The van der Waals surface area contributed by atoms with Crippen molar-refractivity contribution in [3.05, 3.63) is 30.3 Å². The summed E-state index contributed by atoms with van der Waals surface area (Å²) in [5, 5.41) is 0.855. The Hall–Kier alpha value is -0.590. The average molecular weight is 240 g/mol. The van der Waals surface area contributed by atoms with E-state index in [1.807, 2.05) is 37.3 Å². The lowest BCUT2D eigenvalue weighted by atomic mass is 10.4. The molecule has 0 spiro atoms. The molecule has 0 bridgehead atoms. The van der Waals surface area contributed by atoms with Crippen molar-refractivity contribution in [2.24, 2.45) is 0 Å². The van der Waals surface area contributed by atoms with Gasteiger partial charge < -0.3 is 4.52 Å². The van der Waals surface area contributed by atoms with Crippen LogP contribution in [0, 0.1) is 0 Å². The molecule has 0 aliphatic carbocycles. The minimum absolute atomic E-state index is 0.600. The normalized spacial score (nSPS) is 14.6. The second-order valence-electron chi connectivity index (χ2n) is 3.92. The summed E-state index contributed by atoms with van der Waals surface area (Å²) < 4.78 is 18.3. The maximum absolute atomic E-state index is 12.7. The molecule has 0 saturated carbocycles. The molecule has 0 aliphatic rings. The van der Waals surface area contributed by atoms with Crippen molar-refractivity contribution in [1.82, 2.24) is 0 Å². The lowest BCUT2D eigenvalue weighted by molar-refractivity contribution is 0.312. The second-order valence-corrected chi connectivity index (χ2v) is 6.49. The summed E-state index contributed by atoms with van der Waals surface area (Å²) in [6.45, 7) is 4.75. The van der Waals surface area contributed by atoms with E-state index in [0.29, 0.717) is 12.8 Å². The van der Waals surface area contributed by atoms with E-state index in [2.05, 4.69) is 6.92 Å². The topological polar surface area (TPSA) is 26.3 Å². The predicted molar refractivity (Wildman–Crippen MR) is 69.7 cm³/mol. The fourth-order valence-corrected chi connectivity index (χ4v) is 3.75. The van der Waals surface area contributed by atoms with Gasteiger partial charge in [-0.1, -0.05) is 38.5 Å². The van der Waals surface area contributed by atoms with Gasteiger partial charge in [-0.25, -0.2) is 0 Å². The second kappa shape index (κ2) is 6.88. The van der Waals surface area contributed by atoms with Crippen LogP contribution in [0.15, 0.2) is 30.3 Å². The summed E-state index contributed by atoms with van der Waals surface area (Å²) in [6.07, 6.45) is 3.57. The zero-order valence-electron chi connectivity index (χ0n) is 10.2. The molecule has 3 heteroatoms. The summed E-state index contributed by atoms with van der Waals surface area (Å²) in [5.41, 5.74) is 0. The Kier molecular flexibility index (Phi) is 5.79. The van der Waals surface area contributed by atoms with Crippen LogP contribution in [0.1, 0.15) is 33.1 Å². The molecule has 1 unspecified atom stereocenters. The Labute approximate surface area is 98.5 Å². The highest BCUT2D eigenvalue weighted by molar-refractivity contribution is 7.66. The van der Waals surface area contributed by atoms with E-state index in [0.717, 1.165) is 24.6 Å². The summed E-state index contributed by atoms with van der Waals surface area (Å²) in [5.74, 6) is 0. The van der Waals surface area contributed by atoms with Crippen molar-refractivity contribution in [3.8, 4) is 0 Å². The number of rotatable bonds is 7. The molecule has 0 N–H and O–H groups in total. The predicted octanol–water partition coefficient (Wildman–Crippen LogP) is 3.82. The van der Waals surface area contributed by atoms with Gasteiger partial charge in [0.2, 0.25) is 7.37 Å². The summed E-state index contributed by atoms with van der Waals surface area (Å²) in [4.78, 5) is 0. The van der Waals surface area contributed by atoms with E-state index in [9.17, 15) is 4.57 Å². The van der Waals surface area contributed by atoms with Gasteiger partial charge in [0, 0.05) is 11.5 Å². The first-order valence-corrected chi connectivity index (χ1v) is 7.83. The van der Waals surface area contributed by atoms with Gasteiger partial charge in [0.1, 0.15) is 0 Å². The first-order chi connectivity index (χ1) is 7.73. The van der Waals surface area contributed by atoms with E-state index in [1.54, 1.807) is 0 Å². The van der Waals surface area contributed by atoms with Gasteiger partial charge in [-0.2, -0.15) is 0 Å². The molecule has 1 rings (SSSR count). The Balaban J connectivity index is 2.76. The van der Waals surface area contributed by atoms with Gasteiger partial charge in [0.15, 0.2) is 0 Å². The van der Waals surface area contributed by atoms with Crippen LogP contribution in [0.2, 0.25) is 0 Å². The van der Waals surface area contributed by atoms with Gasteiger partial charge in [-0.15, -0.1) is 0 Å². The minimum Gasteiger partial charge on any atom is -0.325 e. The van der Waals surface area contributed by atoms with Gasteiger partial charge >= 0.3 is 0 Å². The van der Waals surface area contributed by atoms with Crippen molar-refractivity contribution in [1.29, 1.82) is 0 Å². The molecular weight excluding hydrogens is 219 g/mol. The van der Waals surface area contributed by atoms with E-state index in [-0.39, 0.29) is 0 Å². The van der Waals surface area contributed by atoms with Crippen molar-refractivity contribution in [2.75, 3.05) is 12.8 Å². The highest BCUT2D eigenvalue weighted by Crippen LogP contribution is 2.46. The third-order valence-corrected chi connectivity index (χ3v) is 5.19. The van der Waals surface area contributed by atoms with E-state index < -0.39 is 7.37 Å². The molecule has 0 aromatic heterocycles. The fourth-order valence-electron chi connectivity index (χ4n) is 1.57. The third kappa shape index (κ3) is 3.77. The number of hydrogen-bond acceptors (Lipinski definition) is 2. The molecule has 0 heterocycles. The molecule has 0 saturated heterocycles. The third-order valence-electron chi connectivity index (χ3n) is 2.47. The quantitative estimate of drug-likeness (QED) is 0.535. The molecule has 1 atom stereocenters. The minimum atomic E-state index is -2.60. The van der Waals surface area contributed by atoms with Crippen LogP contribution in [0.3, 0.4) is 0 Å². The largest absolute Gasteiger partial charge is 0.325 e. The van der Waals surface area contributed by atoms with Crippen molar-refractivity contribution >= 4 is 12.7 Å². The monoisotopic (exact) mass is 240 g/mol. The van der Waals surface area contributed by atoms with Crippen molar-refractivity contribution < 1.29 is 9.09 Å². The van der Waals surface area contributed by atoms with Gasteiger partial charge in [-0.05, 0) is 25.0 Å². The van der Waals surface area contributed by atoms with Crippen molar-refractivity contribution in [2.45, 2.75) is 33.1 Å². The Morgan fingerprint density at radius 3 is 2.38 bits per heavy atom. The molecule has 0 amide bonds. The highest BCUT2D eigenvalue weighted by Gasteiger charge is 2.23. The van der Waals surface area contributed by atoms with Crippen LogP contribution in [-0.2, 0) is 9.09 Å². The van der Waals surface area contributed by atoms with E-state index in [4.69, 9.17) is 4.52 Å². The van der Waals surface area contributed by atoms with Crippen LogP contribution in [0.4, 0.5) is 0 Å². The zero-order chi connectivity index (χ0) is 11.9. The summed E-state index contributed by atoms with van der Waals surface area (Å²) in [6, 6.07) is 9.58. The van der Waals surface area contributed by atoms with Crippen LogP contribution in [0.5, 0.6) is 0 Å². The average Bonchev–Trinajstić information content (AvgIpc) is 2.31. The van der Waals surface area contributed by atoms with Crippen molar-refractivity contribution in [3.63, 3.8) is 0 Å². The molecule has 0 fully saturated rings. The zero-order valence-corrected chi connectivity index (χ0v) is 11.1. The van der Waals surface area contributed by atoms with Crippen LogP contribution < -0.4 is 5.30 Å². The fraction of sp³-hybridized carbons (Fsp3) is 0.538. The number of unbranched alkanes of at least 4 members (excludes halogenated alkanes) is 1. The standard InChI is InChI=1S/C13H21O2P/c1-3-5-11-15-16(14,12-4-2)13-9-7-6-8-10-13/h6-10H,3-5,11-12H2,1-2H3. The van der Waals surface area contributed by atoms with Crippen LogP contribution in [0.25, 0.3) is 0 Å². The van der Waals surface area contributed by atoms with E-state index >= 15 is 0 Å². The Bertz CT molecular complexity index is 335. The smallest absolute Gasteiger partial charge is 0.232 e. The molecule has 16 heavy (non-hydrogen) atoms. The van der Waals surface area contributed by atoms with Crippen LogP contribution >= 0.6 is 7.37 Å².